The number of hydrogen-bond acceptors (Lipinski definition) is 6. The lowest BCUT2D eigenvalue weighted by Crippen LogP contribution is -2.30. The van der Waals surface area contributed by atoms with Crippen LogP contribution in [0.4, 0.5) is 15.9 Å². The van der Waals surface area contributed by atoms with Gasteiger partial charge in [0.1, 0.15) is 11.5 Å². The largest absolute Gasteiger partial charge is 0.354 e. The number of likely N-dealkylation sites (N-methyl/N-ethyl adjacent to an activating group) is 1. The predicted molar refractivity (Wildman–Crippen MR) is 94.8 cm³/mol. The third-order valence-electron chi connectivity index (χ3n) is 4.49. The van der Waals surface area contributed by atoms with Crippen molar-refractivity contribution in [1.29, 1.82) is 0 Å². The van der Waals surface area contributed by atoms with Gasteiger partial charge >= 0.3 is 0 Å². The molecule has 1 fully saturated rings. The predicted octanol–water partition coefficient (Wildman–Crippen LogP) is 1.31. The first-order valence-corrected chi connectivity index (χ1v) is 8.32. The molecule has 4 rings (SSSR count). The quantitative estimate of drug-likeness (QED) is 0.734. The zero-order chi connectivity index (χ0) is 18.1. The van der Waals surface area contributed by atoms with Crippen LogP contribution >= 0.6 is 0 Å². The van der Waals surface area contributed by atoms with Crippen molar-refractivity contribution in [2.24, 2.45) is 0 Å². The molecule has 0 bridgehead atoms. The zero-order valence-electron chi connectivity index (χ0n) is 14.2. The van der Waals surface area contributed by atoms with Gasteiger partial charge in [0.25, 0.3) is 5.91 Å². The Morgan fingerprint density at radius 3 is 2.92 bits per heavy atom. The average Bonchev–Trinajstić information content (AvgIpc) is 3.31. The van der Waals surface area contributed by atoms with E-state index in [1.807, 2.05) is 7.05 Å². The number of carbonyl (C=O) groups is 1. The van der Waals surface area contributed by atoms with E-state index in [0.717, 1.165) is 25.3 Å². The summed E-state index contributed by atoms with van der Waals surface area (Å²) in [6.45, 7) is 1.76. The molecule has 1 saturated heterocycles. The Hall–Kier alpha value is -3.07. The highest BCUT2D eigenvalue weighted by Crippen LogP contribution is 2.18. The van der Waals surface area contributed by atoms with Crippen LogP contribution in [0.1, 0.15) is 16.9 Å². The Kier molecular flexibility index (Phi) is 4.21. The van der Waals surface area contributed by atoms with E-state index >= 15 is 0 Å². The third kappa shape index (κ3) is 3.08. The topological polar surface area (TPSA) is 87.5 Å². The van der Waals surface area contributed by atoms with E-state index < -0.39 is 11.7 Å². The molecule has 0 aliphatic carbocycles. The van der Waals surface area contributed by atoms with Crippen LogP contribution in [0, 0.1) is 5.82 Å². The fourth-order valence-corrected chi connectivity index (χ4v) is 3.06. The molecular weight excluding hydrogens is 337 g/mol. The highest BCUT2D eigenvalue weighted by molar-refractivity contribution is 6.02. The van der Waals surface area contributed by atoms with Gasteiger partial charge in [0, 0.05) is 43.8 Å². The van der Waals surface area contributed by atoms with Gasteiger partial charge in [0.15, 0.2) is 11.5 Å². The highest BCUT2D eigenvalue weighted by atomic mass is 19.1. The second-order valence-electron chi connectivity index (χ2n) is 6.17. The van der Waals surface area contributed by atoms with Crippen LogP contribution in [0.5, 0.6) is 0 Å². The molecule has 3 aromatic heterocycles. The average molecular weight is 355 g/mol. The molecule has 4 heterocycles. The summed E-state index contributed by atoms with van der Waals surface area (Å²) in [6, 6.07) is 1.66. The van der Waals surface area contributed by atoms with Gasteiger partial charge in [-0.1, -0.05) is 0 Å². The number of nitrogens with one attached hydrogen (secondary N) is 2. The van der Waals surface area contributed by atoms with Gasteiger partial charge in [-0.25, -0.2) is 19.3 Å². The van der Waals surface area contributed by atoms with Gasteiger partial charge < -0.3 is 19.9 Å². The van der Waals surface area contributed by atoms with E-state index in [1.165, 1.54) is 22.9 Å². The molecular formula is C17H18FN7O. The lowest BCUT2D eigenvalue weighted by atomic mass is 10.3. The van der Waals surface area contributed by atoms with Gasteiger partial charge in [-0.05, 0) is 13.5 Å². The lowest BCUT2D eigenvalue weighted by Gasteiger charge is -2.17. The number of aromatic nitrogens is 4. The van der Waals surface area contributed by atoms with E-state index in [4.69, 9.17) is 0 Å². The molecule has 0 aromatic carbocycles. The Balaban J connectivity index is 1.47. The van der Waals surface area contributed by atoms with Crippen molar-refractivity contribution >= 4 is 23.1 Å². The number of carbonyl (C=O) groups excluding carboxylic acids is 1. The summed E-state index contributed by atoms with van der Waals surface area (Å²) < 4.78 is 15.5. The molecule has 2 N–H and O–H groups in total. The standard InChI is InChI=1S/C17H18FN7O/c1-19-11-2-4-24(9-11)15-8-21-14(7-22-15)17(26)23-12-6-13(18)16-20-3-5-25(16)10-12/h3,5-8,10-11,19H,2,4,9H2,1H3,(H,23,26)/t11-/m1/s1. The minimum atomic E-state index is -0.512. The van der Waals surface area contributed by atoms with Gasteiger partial charge in [-0.2, -0.15) is 0 Å². The molecule has 26 heavy (non-hydrogen) atoms. The lowest BCUT2D eigenvalue weighted by molar-refractivity contribution is 0.102. The first-order valence-electron chi connectivity index (χ1n) is 8.32. The van der Waals surface area contributed by atoms with Gasteiger partial charge in [0.05, 0.1) is 18.1 Å². The maximum Gasteiger partial charge on any atom is 0.275 e. The SMILES string of the molecule is CN[C@@H]1CCN(c2cnc(C(=O)Nc3cc(F)c4nccn4c3)cn2)C1. The molecule has 9 heteroatoms. The Morgan fingerprint density at radius 2 is 2.19 bits per heavy atom. The number of fused-ring (bicyclic) bond motifs is 1. The fraction of sp³-hybridized carbons (Fsp3) is 0.294. The molecule has 0 saturated carbocycles. The molecule has 1 atom stereocenters. The third-order valence-corrected chi connectivity index (χ3v) is 4.49. The normalized spacial score (nSPS) is 17.0. The fourth-order valence-electron chi connectivity index (χ4n) is 3.06. The molecule has 1 amide bonds. The van der Waals surface area contributed by atoms with Crippen molar-refractivity contribution in [2.45, 2.75) is 12.5 Å². The van der Waals surface area contributed by atoms with Crippen molar-refractivity contribution < 1.29 is 9.18 Å². The van der Waals surface area contributed by atoms with E-state index in [9.17, 15) is 9.18 Å². The number of rotatable bonds is 4. The van der Waals surface area contributed by atoms with E-state index in [1.54, 1.807) is 18.6 Å². The number of amides is 1. The van der Waals surface area contributed by atoms with E-state index in [0.29, 0.717) is 11.7 Å². The van der Waals surface area contributed by atoms with Gasteiger partial charge in [0.2, 0.25) is 0 Å². The summed E-state index contributed by atoms with van der Waals surface area (Å²) in [6.07, 6.45) is 8.76. The summed E-state index contributed by atoms with van der Waals surface area (Å²) in [5.74, 6) is -0.218. The minimum absolute atomic E-state index is 0.171. The van der Waals surface area contributed by atoms with Crippen LogP contribution in [0.2, 0.25) is 0 Å². The molecule has 134 valence electrons. The summed E-state index contributed by atoms with van der Waals surface area (Å²) in [7, 11) is 1.94. The molecule has 8 nitrogen and oxygen atoms in total. The van der Waals surface area contributed by atoms with Crippen LogP contribution in [-0.2, 0) is 0 Å². The first kappa shape index (κ1) is 16.4. The Labute approximate surface area is 149 Å². The van der Waals surface area contributed by atoms with Crippen LogP contribution < -0.4 is 15.5 Å². The molecule has 1 aliphatic rings. The highest BCUT2D eigenvalue weighted by Gasteiger charge is 2.22. The Bertz CT molecular complexity index is 940. The van der Waals surface area contributed by atoms with Crippen molar-refractivity contribution in [1.82, 2.24) is 24.7 Å². The van der Waals surface area contributed by atoms with E-state index in [2.05, 4.69) is 30.5 Å². The molecule has 0 radical (unpaired) electrons. The number of pyridine rings is 1. The van der Waals surface area contributed by atoms with Crippen molar-refractivity contribution in [2.75, 3.05) is 30.4 Å². The molecule has 0 unspecified atom stereocenters. The minimum Gasteiger partial charge on any atom is -0.354 e. The first-order chi connectivity index (χ1) is 12.6. The summed E-state index contributed by atoms with van der Waals surface area (Å²) in [5, 5.41) is 5.88. The number of anilines is 2. The number of nitrogens with zero attached hydrogens (tertiary/aromatic N) is 5. The molecule has 1 aliphatic heterocycles. The van der Waals surface area contributed by atoms with Crippen LogP contribution in [0.3, 0.4) is 0 Å². The maximum atomic E-state index is 13.9. The van der Waals surface area contributed by atoms with Crippen molar-refractivity contribution in [3.8, 4) is 0 Å². The second kappa shape index (κ2) is 6.68. The van der Waals surface area contributed by atoms with Gasteiger partial charge in [-0.3, -0.25) is 4.79 Å². The Morgan fingerprint density at radius 1 is 1.31 bits per heavy atom. The number of imidazole rings is 1. The van der Waals surface area contributed by atoms with Crippen LogP contribution in [-0.4, -0.2) is 51.4 Å². The maximum absolute atomic E-state index is 13.9. The number of halogens is 1. The zero-order valence-corrected chi connectivity index (χ0v) is 14.2. The monoisotopic (exact) mass is 355 g/mol. The second-order valence-corrected chi connectivity index (χ2v) is 6.17. The summed E-state index contributed by atoms with van der Waals surface area (Å²) in [5.41, 5.74) is 0.696. The van der Waals surface area contributed by atoms with Crippen molar-refractivity contribution in [3.05, 3.63) is 48.6 Å². The van der Waals surface area contributed by atoms with Crippen LogP contribution in [0.15, 0.2) is 37.1 Å². The van der Waals surface area contributed by atoms with Crippen LogP contribution in [0.25, 0.3) is 5.65 Å². The summed E-state index contributed by atoms with van der Waals surface area (Å²) >= 11 is 0. The summed E-state index contributed by atoms with van der Waals surface area (Å²) in [4.78, 5) is 26.9. The van der Waals surface area contributed by atoms with Crippen molar-refractivity contribution in [3.63, 3.8) is 0 Å². The van der Waals surface area contributed by atoms with E-state index in [-0.39, 0.29) is 11.3 Å². The smallest absolute Gasteiger partial charge is 0.275 e. The number of hydrogen-bond donors (Lipinski definition) is 2. The molecule has 0 spiro atoms. The van der Waals surface area contributed by atoms with Gasteiger partial charge in [-0.15, -0.1) is 0 Å². The molecule has 3 aromatic rings.